The van der Waals surface area contributed by atoms with Crippen LogP contribution in [0.5, 0.6) is 0 Å². The van der Waals surface area contributed by atoms with E-state index in [0.717, 1.165) is 52.4 Å². The fourth-order valence-corrected chi connectivity index (χ4v) is 4.79. The summed E-state index contributed by atoms with van der Waals surface area (Å²) >= 11 is 3.56. The molecule has 2 saturated carbocycles. The smallest absolute Gasteiger partial charge is 0.169 e. The molecule has 5 rings (SSSR count). The van der Waals surface area contributed by atoms with E-state index < -0.39 is 0 Å². The summed E-state index contributed by atoms with van der Waals surface area (Å²) in [5.74, 6) is 0.326. The molecule has 0 atom stereocenters. The van der Waals surface area contributed by atoms with Crippen LogP contribution in [-0.2, 0) is 0 Å². The van der Waals surface area contributed by atoms with Gasteiger partial charge in [-0.05, 0) is 63.8 Å². The van der Waals surface area contributed by atoms with E-state index in [4.69, 9.17) is 0 Å². The van der Waals surface area contributed by atoms with Gasteiger partial charge in [0.05, 0.1) is 34.7 Å². The maximum absolute atomic E-state index is 12.9. The van der Waals surface area contributed by atoms with E-state index in [0.29, 0.717) is 17.6 Å². The molecule has 7 heteroatoms. The van der Waals surface area contributed by atoms with E-state index in [2.05, 4.69) is 47.5 Å². The van der Waals surface area contributed by atoms with Gasteiger partial charge in [0, 0.05) is 34.2 Å². The van der Waals surface area contributed by atoms with Crippen molar-refractivity contribution in [3.05, 3.63) is 46.8 Å². The Bertz CT molecular complexity index is 1080. The largest absolute Gasteiger partial charge is 0.352 e. The van der Waals surface area contributed by atoms with Gasteiger partial charge in [-0.3, -0.25) is 14.5 Å². The molecule has 1 aromatic carbocycles. The third kappa shape index (κ3) is 3.88. The summed E-state index contributed by atoms with van der Waals surface area (Å²) in [6.45, 7) is 0. The van der Waals surface area contributed by atoms with Gasteiger partial charge in [0.2, 0.25) is 0 Å². The molecule has 156 valence electrons. The van der Waals surface area contributed by atoms with E-state index in [-0.39, 0.29) is 11.7 Å². The summed E-state index contributed by atoms with van der Waals surface area (Å²) in [5.41, 5.74) is 3.27. The molecule has 0 aliphatic heterocycles. The van der Waals surface area contributed by atoms with Crippen LogP contribution in [0.3, 0.4) is 0 Å². The molecule has 0 bridgehead atoms. The van der Waals surface area contributed by atoms with Crippen LogP contribution >= 0.6 is 15.9 Å². The van der Waals surface area contributed by atoms with E-state index >= 15 is 0 Å². The van der Waals surface area contributed by atoms with Crippen molar-refractivity contribution in [2.75, 3.05) is 12.4 Å². The number of hydrogen-bond donors (Lipinski definition) is 2. The van der Waals surface area contributed by atoms with Gasteiger partial charge < -0.3 is 10.6 Å². The Morgan fingerprint density at radius 1 is 1.13 bits per heavy atom. The predicted molar refractivity (Wildman–Crippen MR) is 122 cm³/mol. The number of Topliss-reactive ketones (excluding diaryl/α,β-unsaturated/α-hetero) is 1. The Kier molecular flexibility index (Phi) is 5.33. The first-order valence-corrected chi connectivity index (χ1v) is 11.5. The number of ketones is 1. The van der Waals surface area contributed by atoms with Crippen molar-refractivity contribution in [1.29, 1.82) is 0 Å². The van der Waals surface area contributed by atoms with Gasteiger partial charge in [0.25, 0.3) is 0 Å². The molecule has 2 aliphatic rings. The highest BCUT2D eigenvalue weighted by atomic mass is 79.9. The maximum Gasteiger partial charge on any atom is 0.169 e. The lowest BCUT2D eigenvalue weighted by atomic mass is 9.91. The number of benzene rings is 1. The minimum Gasteiger partial charge on any atom is -0.352 e. The number of carbonyl (C=O) groups excluding carboxylic acids is 1. The van der Waals surface area contributed by atoms with Crippen LogP contribution in [-0.4, -0.2) is 33.6 Å². The number of halogens is 1. The van der Waals surface area contributed by atoms with Crippen molar-refractivity contribution in [3.8, 4) is 0 Å². The molecule has 0 radical (unpaired) electrons. The highest BCUT2D eigenvalue weighted by Crippen LogP contribution is 2.38. The van der Waals surface area contributed by atoms with Crippen LogP contribution in [0.1, 0.15) is 54.9 Å². The van der Waals surface area contributed by atoms with E-state index in [1.165, 1.54) is 12.8 Å². The lowest BCUT2D eigenvalue weighted by Crippen LogP contribution is -2.31. The summed E-state index contributed by atoms with van der Waals surface area (Å²) in [6.07, 6.45) is 12.2. The van der Waals surface area contributed by atoms with Gasteiger partial charge in [-0.2, -0.15) is 5.10 Å². The zero-order chi connectivity index (χ0) is 20.7. The number of anilines is 2. The Hall–Kier alpha value is -2.25. The van der Waals surface area contributed by atoms with Gasteiger partial charge in [-0.1, -0.05) is 15.9 Å². The lowest BCUT2D eigenvalue weighted by molar-refractivity contribution is 0.0968. The molecule has 0 unspecified atom stereocenters. The summed E-state index contributed by atoms with van der Waals surface area (Å²) in [4.78, 5) is 17.5. The molecule has 2 N–H and O–H groups in total. The van der Waals surface area contributed by atoms with Crippen LogP contribution in [0.15, 0.2) is 41.3 Å². The number of hydrogen-bond acceptors (Lipinski definition) is 5. The van der Waals surface area contributed by atoms with Crippen molar-refractivity contribution >= 4 is 44.0 Å². The molecule has 2 fully saturated rings. The van der Waals surface area contributed by atoms with Gasteiger partial charge in [0.1, 0.15) is 0 Å². The summed E-state index contributed by atoms with van der Waals surface area (Å²) in [6, 6.07) is 7.02. The van der Waals surface area contributed by atoms with E-state index in [1.807, 2.05) is 31.4 Å². The zero-order valence-electron chi connectivity index (χ0n) is 17.1. The standard InChI is InChI=1S/C23H26BrN5O/c1-25-16-5-7-18(8-6-16)29-13-17(11-27-29)28-22-19-10-15(24)4-9-21(19)26-12-20(22)23(30)14-2-3-14/h4,9-14,16,18,25H,2-3,5-8H2,1H3,(H,26,28). The monoisotopic (exact) mass is 467 g/mol. The van der Waals surface area contributed by atoms with Crippen molar-refractivity contribution in [1.82, 2.24) is 20.1 Å². The third-order valence-electron chi connectivity index (χ3n) is 6.39. The van der Waals surface area contributed by atoms with Crippen molar-refractivity contribution in [2.45, 2.75) is 50.6 Å². The number of fused-ring (bicyclic) bond motifs is 1. The van der Waals surface area contributed by atoms with Crippen molar-refractivity contribution in [3.63, 3.8) is 0 Å². The molecule has 6 nitrogen and oxygen atoms in total. The number of carbonyl (C=O) groups is 1. The molecule has 2 aliphatic carbocycles. The van der Waals surface area contributed by atoms with Gasteiger partial charge >= 0.3 is 0 Å². The maximum atomic E-state index is 12.9. The van der Waals surface area contributed by atoms with Crippen LogP contribution in [0.2, 0.25) is 0 Å². The van der Waals surface area contributed by atoms with Crippen molar-refractivity contribution in [2.24, 2.45) is 5.92 Å². The highest BCUT2D eigenvalue weighted by molar-refractivity contribution is 9.10. The van der Waals surface area contributed by atoms with E-state index in [1.54, 1.807) is 6.20 Å². The van der Waals surface area contributed by atoms with Crippen LogP contribution in [0, 0.1) is 5.92 Å². The van der Waals surface area contributed by atoms with E-state index in [9.17, 15) is 4.79 Å². The number of aromatic nitrogens is 3. The Morgan fingerprint density at radius 2 is 1.93 bits per heavy atom. The first kappa shape index (κ1) is 19.7. The molecular weight excluding hydrogens is 442 g/mol. The first-order chi connectivity index (χ1) is 14.6. The van der Waals surface area contributed by atoms with Crippen molar-refractivity contribution < 1.29 is 4.79 Å². The average molecular weight is 468 g/mol. The first-order valence-electron chi connectivity index (χ1n) is 10.7. The summed E-state index contributed by atoms with van der Waals surface area (Å²) in [7, 11) is 2.04. The topological polar surface area (TPSA) is 71.8 Å². The number of rotatable bonds is 6. The Labute approximate surface area is 184 Å². The quantitative estimate of drug-likeness (QED) is 0.485. The van der Waals surface area contributed by atoms with Gasteiger partial charge in [-0.15, -0.1) is 0 Å². The zero-order valence-corrected chi connectivity index (χ0v) is 18.7. The highest BCUT2D eigenvalue weighted by Gasteiger charge is 2.32. The van der Waals surface area contributed by atoms with Crippen LogP contribution in [0.25, 0.3) is 10.9 Å². The Balaban J connectivity index is 1.46. The second-order valence-electron chi connectivity index (χ2n) is 8.48. The molecule has 0 amide bonds. The SMILES string of the molecule is CNC1CCC(n2cc(Nc3c(C(=O)C4CC4)cnc4ccc(Br)cc34)cn2)CC1. The second kappa shape index (κ2) is 8.12. The fourth-order valence-electron chi connectivity index (χ4n) is 4.43. The van der Waals surface area contributed by atoms with Gasteiger partial charge in [-0.25, -0.2) is 0 Å². The molecule has 2 aromatic heterocycles. The second-order valence-corrected chi connectivity index (χ2v) is 9.39. The van der Waals surface area contributed by atoms with Gasteiger partial charge in [0.15, 0.2) is 5.78 Å². The minimum absolute atomic E-state index is 0.141. The summed E-state index contributed by atoms with van der Waals surface area (Å²) < 4.78 is 3.04. The fraction of sp³-hybridized carbons (Fsp3) is 0.435. The molecular formula is C23H26BrN5O. The molecule has 30 heavy (non-hydrogen) atoms. The molecule has 3 aromatic rings. The third-order valence-corrected chi connectivity index (χ3v) is 6.89. The number of pyridine rings is 1. The summed E-state index contributed by atoms with van der Waals surface area (Å²) in [5, 5.41) is 12.5. The predicted octanol–water partition coefficient (Wildman–Crippen LogP) is 5.23. The average Bonchev–Trinajstić information content (AvgIpc) is 3.52. The van der Waals surface area contributed by atoms with Crippen LogP contribution in [0.4, 0.5) is 11.4 Å². The lowest BCUT2D eigenvalue weighted by Gasteiger charge is -2.28. The molecule has 0 spiro atoms. The number of nitrogens with one attached hydrogen (secondary N) is 2. The normalized spacial score (nSPS) is 21.7. The molecule has 2 heterocycles. The van der Waals surface area contributed by atoms with Crippen LogP contribution < -0.4 is 10.6 Å². The minimum atomic E-state index is 0.141. The molecule has 0 saturated heterocycles. The number of nitrogens with zero attached hydrogens (tertiary/aromatic N) is 3. The Morgan fingerprint density at radius 3 is 2.67 bits per heavy atom.